The highest BCUT2D eigenvalue weighted by Crippen LogP contribution is 2.33. The summed E-state index contributed by atoms with van der Waals surface area (Å²) in [7, 11) is 0. The van der Waals surface area contributed by atoms with Crippen molar-refractivity contribution in [2.45, 2.75) is 38.6 Å². The van der Waals surface area contributed by atoms with Crippen LogP contribution >= 0.6 is 11.3 Å². The number of quaternary nitrogens is 2. The molecule has 2 aromatic heterocycles. The lowest BCUT2D eigenvalue weighted by Crippen LogP contribution is -3.27. The Morgan fingerprint density at radius 2 is 1.76 bits per heavy atom. The van der Waals surface area contributed by atoms with Gasteiger partial charge in [0.05, 0.1) is 11.9 Å². The third-order valence-electron chi connectivity index (χ3n) is 6.57. The average molecular weight is 411 g/mol. The molecule has 1 aliphatic carbocycles. The van der Waals surface area contributed by atoms with Crippen LogP contribution in [0.4, 0.5) is 0 Å². The molecule has 6 heteroatoms. The standard InChI is InChI=1S/C23H28N4OS/c28-22-21-18-8-4-5-9-19(18)29-23(21)25-20(24-22)16-27-14-12-26(13-15-27)11-10-17-6-2-1-3-7-17/h1-3,6-7H,4-5,8-16H2,(H,24,25,28)/p+2. The fourth-order valence-electron chi connectivity index (χ4n) is 4.88. The molecule has 3 N–H and O–H groups in total. The number of hydrogen-bond donors (Lipinski definition) is 3. The smallest absolute Gasteiger partial charge is 0.260 e. The molecule has 1 saturated heterocycles. The highest BCUT2D eigenvalue weighted by Gasteiger charge is 2.25. The van der Waals surface area contributed by atoms with Crippen LogP contribution in [0.2, 0.25) is 0 Å². The van der Waals surface area contributed by atoms with Gasteiger partial charge in [-0.25, -0.2) is 4.98 Å². The first-order valence-corrected chi connectivity index (χ1v) is 11.8. The SMILES string of the molecule is O=c1[nH]c(C[NH+]2CC[NH+](CCc3ccccc3)CC2)nc2sc3c(c12)CCCC3. The van der Waals surface area contributed by atoms with Gasteiger partial charge >= 0.3 is 0 Å². The molecular weight excluding hydrogens is 380 g/mol. The Balaban J connectivity index is 1.20. The number of fused-ring (bicyclic) bond motifs is 3. The Labute approximate surface area is 175 Å². The zero-order chi connectivity index (χ0) is 19.6. The zero-order valence-corrected chi connectivity index (χ0v) is 17.7. The molecule has 0 amide bonds. The van der Waals surface area contributed by atoms with Gasteiger partial charge in [0.1, 0.15) is 37.6 Å². The molecule has 0 atom stereocenters. The van der Waals surface area contributed by atoms with E-state index in [9.17, 15) is 4.79 Å². The van der Waals surface area contributed by atoms with E-state index in [-0.39, 0.29) is 5.56 Å². The van der Waals surface area contributed by atoms with E-state index < -0.39 is 0 Å². The van der Waals surface area contributed by atoms with E-state index in [1.807, 2.05) is 0 Å². The maximum absolute atomic E-state index is 12.7. The molecule has 29 heavy (non-hydrogen) atoms. The summed E-state index contributed by atoms with van der Waals surface area (Å²) in [4.78, 5) is 26.3. The second kappa shape index (κ2) is 8.38. The number of aromatic nitrogens is 2. The van der Waals surface area contributed by atoms with E-state index in [1.165, 1.54) is 53.4 Å². The third kappa shape index (κ3) is 4.15. The summed E-state index contributed by atoms with van der Waals surface area (Å²) >= 11 is 1.75. The molecule has 3 heterocycles. The number of piperazine rings is 1. The maximum Gasteiger partial charge on any atom is 0.260 e. The summed E-state index contributed by atoms with van der Waals surface area (Å²) in [5.74, 6) is 0.865. The van der Waals surface area contributed by atoms with Crippen LogP contribution in [0.1, 0.15) is 34.7 Å². The van der Waals surface area contributed by atoms with Crippen LogP contribution in [-0.2, 0) is 25.8 Å². The fraction of sp³-hybridized carbons (Fsp3) is 0.478. The Morgan fingerprint density at radius 1 is 1.00 bits per heavy atom. The van der Waals surface area contributed by atoms with Gasteiger partial charge < -0.3 is 14.8 Å². The summed E-state index contributed by atoms with van der Waals surface area (Å²) < 4.78 is 0. The largest absolute Gasteiger partial charge is 0.325 e. The van der Waals surface area contributed by atoms with Gasteiger partial charge in [0.25, 0.3) is 5.56 Å². The molecule has 152 valence electrons. The molecule has 0 spiro atoms. The summed E-state index contributed by atoms with van der Waals surface area (Å²) in [5, 5.41) is 0.874. The van der Waals surface area contributed by atoms with Crippen molar-refractivity contribution in [2.75, 3.05) is 32.7 Å². The molecule has 1 aliphatic heterocycles. The quantitative estimate of drug-likeness (QED) is 0.570. The molecule has 3 aromatic rings. The molecule has 5 rings (SSSR count). The molecule has 0 unspecified atom stereocenters. The van der Waals surface area contributed by atoms with Crippen molar-refractivity contribution in [3.8, 4) is 0 Å². The van der Waals surface area contributed by atoms with Gasteiger partial charge in [-0.3, -0.25) is 4.79 Å². The Hall–Kier alpha value is -2.02. The Kier molecular flexibility index (Phi) is 5.48. The lowest BCUT2D eigenvalue weighted by molar-refractivity contribution is -1.02. The van der Waals surface area contributed by atoms with Gasteiger partial charge in [0.15, 0.2) is 5.82 Å². The average Bonchev–Trinajstić information content (AvgIpc) is 3.13. The normalized spacial score (nSPS) is 21.9. The zero-order valence-electron chi connectivity index (χ0n) is 16.9. The molecule has 0 bridgehead atoms. The van der Waals surface area contributed by atoms with E-state index in [0.717, 1.165) is 54.9 Å². The molecule has 2 aliphatic rings. The van der Waals surface area contributed by atoms with E-state index in [1.54, 1.807) is 16.2 Å². The van der Waals surface area contributed by atoms with E-state index >= 15 is 0 Å². The topological polar surface area (TPSA) is 54.6 Å². The number of H-pyrrole nitrogens is 1. The fourth-order valence-corrected chi connectivity index (χ4v) is 6.16. The van der Waals surface area contributed by atoms with E-state index in [2.05, 4.69) is 35.3 Å². The molecule has 5 nitrogen and oxygen atoms in total. The van der Waals surface area contributed by atoms with Crippen molar-refractivity contribution in [1.29, 1.82) is 0 Å². The first-order valence-electron chi connectivity index (χ1n) is 11.0. The number of hydrogen-bond acceptors (Lipinski definition) is 3. The summed E-state index contributed by atoms with van der Waals surface area (Å²) in [6, 6.07) is 10.8. The lowest BCUT2D eigenvalue weighted by Gasteiger charge is -2.29. The minimum absolute atomic E-state index is 0.0796. The number of thiophene rings is 1. The number of nitrogens with zero attached hydrogens (tertiary/aromatic N) is 1. The number of nitrogens with one attached hydrogen (secondary N) is 3. The van der Waals surface area contributed by atoms with Gasteiger partial charge in [-0.1, -0.05) is 30.3 Å². The van der Waals surface area contributed by atoms with Crippen LogP contribution in [-0.4, -0.2) is 42.7 Å². The van der Waals surface area contributed by atoms with Crippen LogP contribution in [0.15, 0.2) is 35.1 Å². The van der Waals surface area contributed by atoms with Gasteiger partial charge in [0, 0.05) is 11.3 Å². The van der Waals surface area contributed by atoms with Gasteiger partial charge in [-0.15, -0.1) is 11.3 Å². The predicted octanol–water partition coefficient (Wildman–Crippen LogP) is 0.390. The first-order chi connectivity index (χ1) is 14.3. The second-order valence-electron chi connectivity index (χ2n) is 8.57. The highest BCUT2D eigenvalue weighted by molar-refractivity contribution is 7.18. The van der Waals surface area contributed by atoms with Gasteiger partial charge in [-0.2, -0.15) is 0 Å². The minimum atomic E-state index is 0.0796. The molecule has 0 saturated carbocycles. The molecule has 1 aromatic carbocycles. The number of rotatable bonds is 5. The molecular formula is C23H30N4OS+2. The summed E-state index contributed by atoms with van der Waals surface area (Å²) in [6.45, 7) is 6.72. The van der Waals surface area contributed by atoms with Crippen LogP contribution in [0.3, 0.4) is 0 Å². The number of benzene rings is 1. The summed E-state index contributed by atoms with van der Waals surface area (Å²) in [5.41, 5.74) is 2.79. The molecule has 0 radical (unpaired) electrons. The highest BCUT2D eigenvalue weighted by atomic mass is 32.1. The van der Waals surface area contributed by atoms with Crippen molar-refractivity contribution in [3.63, 3.8) is 0 Å². The van der Waals surface area contributed by atoms with Crippen molar-refractivity contribution in [2.24, 2.45) is 0 Å². The van der Waals surface area contributed by atoms with Crippen LogP contribution in [0.25, 0.3) is 10.2 Å². The predicted molar refractivity (Wildman–Crippen MR) is 117 cm³/mol. The van der Waals surface area contributed by atoms with Gasteiger partial charge in [-0.05, 0) is 36.8 Å². The Bertz CT molecular complexity index is 1030. The van der Waals surface area contributed by atoms with E-state index in [0.29, 0.717) is 0 Å². The van der Waals surface area contributed by atoms with E-state index in [4.69, 9.17) is 4.98 Å². The van der Waals surface area contributed by atoms with Crippen molar-refractivity contribution in [3.05, 3.63) is 62.5 Å². The van der Waals surface area contributed by atoms with Crippen LogP contribution < -0.4 is 15.4 Å². The summed E-state index contributed by atoms with van der Waals surface area (Å²) in [6.07, 6.45) is 5.75. The molecule has 1 fully saturated rings. The monoisotopic (exact) mass is 410 g/mol. The third-order valence-corrected chi connectivity index (χ3v) is 7.75. The number of aryl methyl sites for hydroxylation is 2. The van der Waals surface area contributed by atoms with Crippen LogP contribution in [0.5, 0.6) is 0 Å². The minimum Gasteiger partial charge on any atom is -0.325 e. The van der Waals surface area contributed by atoms with Crippen molar-refractivity contribution >= 4 is 21.6 Å². The Morgan fingerprint density at radius 3 is 2.59 bits per heavy atom. The number of aromatic amines is 1. The maximum atomic E-state index is 12.7. The van der Waals surface area contributed by atoms with Crippen molar-refractivity contribution < 1.29 is 9.80 Å². The first kappa shape index (κ1) is 19.0. The van der Waals surface area contributed by atoms with Crippen LogP contribution in [0, 0.1) is 0 Å². The lowest BCUT2D eigenvalue weighted by atomic mass is 9.97. The van der Waals surface area contributed by atoms with Gasteiger partial charge in [0.2, 0.25) is 0 Å². The van der Waals surface area contributed by atoms with Crippen molar-refractivity contribution in [1.82, 2.24) is 9.97 Å². The second-order valence-corrected chi connectivity index (χ2v) is 9.65.